The summed E-state index contributed by atoms with van der Waals surface area (Å²) in [6.45, 7) is 0.685. The fourth-order valence-electron chi connectivity index (χ4n) is 1.45. The minimum atomic E-state index is -0.0512. The van der Waals surface area contributed by atoms with Gasteiger partial charge in [-0.15, -0.1) is 0 Å². The van der Waals surface area contributed by atoms with Crippen molar-refractivity contribution in [1.82, 2.24) is 4.98 Å². The quantitative estimate of drug-likeness (QED) is 0.724. The van der Waals surface area contributed by atoms with Crippen LogP contribution in [0.15, 0.2) is 30.3 Å². The van der Waals surface area contributed by atoms with Crippen molar-refractivity contribution in [3.05, 3.63) is 40.9 Å². The fraction of sp³-hybridized carbons (Fsp3) is 0.273. The summed E-state index contributed by atoms with van der Waals surface area (Å²) in [5.74, 6) is -0.0512. The van der Waals surface area contributed by atoms with Gasteiger partial charge in [0.15, 0.2) is 5.78 Å². The molecule has 0 amide bonds. The van der Waals surface area contributed by atoms with Crippen LogP contribution >= 0.6 is 11.6 Å². The third kappa shape index (κ3) is 2.36. The number of ether oxygens (including phenoxy) is 1. The SMILES string of the molecule is O=C(C1=COCCC1)c1cncc(Cl)c1. The number of ketones is 1. The lowest BCUT2D eigenvalue weighted by molar-refractivity contribution is 0.101. The summed E-state index contributed by atoms with van der Waals surface area (Å²) in [4.78, 5) is 15.8. The average Bonchev–Trinajstić information content (AvgIpc) is 2.29. The number of hydrogen-bond acceptors (Lipinski definition) is 3. The van der Waals surface area contributed by atoms with Crippen molar-refractivity contribution < 1.29 is 9.53 Å². The fourth-order valence-corrected chi connectivity index (χ4v) is 1.63. The van der Waals surface area contributed by atoms with Gasteiger partial charge in [0.25, 0.3) is 0 Å². The number of nitrogens with zero attached hydrogens (tertiary/aromatic N) is 1. The van der Waals surface area contributed by atoms with Crippen molar-refractivity contribution in [2.75, 3.05) is 6.61 Å². The van der Waals surface area contributed by atoms with E-state index in [0.29, 0.717) is 22.8 Å². The van der Waals surface area contributed by atoms with Crippen molar-refractivity contribution in [3.63, 3.8) is 0 Å². The summed E-state index contributed by atoms with van der Waals surface area (Å²) < 4.78 is 5.12. The number of aromatic nitrogens is 1. The standard InChI is InChI=1S/C11H10ClNO2/c12-10-4-9(5-13-6-10)11(14)8-2-1-3-15-7-8/h4-7H,1-3H2. The molecule has 1 aromatic rings. The molecule has 3 nitrogen and oxygen atoms in total. The highest BCUT2D eigenvalue weighted by Crippen LogP contribution is 2.18. The average molecular weight is 224 g/mol. The van der Waals surface area contributed by atoms with E-state index in [1.165, 1.54) is 18.7 Å². The predicted molar refractivity (Wildman–Crippen MR) is 56.8 cm³/mol. The van der Waals surface area contributed by atoms with Crippen LogP contribution in [-0.2, 0) is 4.74 Å². The van der Waals surface area contributed by atoms with E-state index in [1.807, 2.05) is 0 Å². The zero-order valence-electron chi connectivity index (χ0n) is 8.07. The highest BCUT2D eigenvalue weighted by Gasteiger charge is 2.15. The molecule has 0 N–H and O–H groups in total. The molecule has 4 heteroatoms. The van der Waals surface area contributed by atoms with Gasteiger partial charge in [-0.1, -0.05) is 11.6 Å². The number of hydrogen-bond donors (Lipinski definition) is 0. The number of pyridine rings is 1. The van der Waals surface area contributed by atoms with Crippen molar-refractivity contribution >= 4 is 17.4 Å². The Hall–Kier alpha value is -1.35. The predicted octanol–water partition coefficient (Wildman–Crippen LogP) is 2.61. The number of carbonyl (C=O) groups is 1. The summed E-state index contributed by atoms with van der Waals surface area (Å²) in [5.41, 5.74) is 1.20. The molecule has 0 radical (unpaired) electrons. The van der Waals surface area contributed by atoms with Gasteiger partial charge >= 0.3 is 0 Å². The summed E-state index contributed by atoms with van der Waals surface area (Å²) in [7, 11) is 0. The van der Waals surface area contributed by atoms with Crippen LogP contribution in [0.5, 0.6) is 0 Å². The Morgan fingerprint density at radius 3 is 3.00 bits per heavy atom. The summed E-state index contributed by atoms with van der Waals surface area (Å²) >= 11 is 5.76. The second kappa shape index (κ2) is 4.45. The monoisotopic (exact) mass is 223 g/mol. The number of halogens is 1. The third-order valence-corrected chi connectivity index (χ3v) is 2.40. The second-order valence-electron chi connectivity index (χ2n) is 3.34. The van der Waals surface area contributed by atoms with Gasteiger partial charge in [-0.05, 0) is 18.9 Å². The van der Waals surface area contributed by atoms with E-state index in [9.17, 15) is 4.79 Å². The number of carbonyl (C=O) groups excluding carboxylic acids is 1. The van der Waals surface area contributed by atoms with Crippen molar-refractivity contribution in [2.24, 2.45) is 0 Å². The lowest BCUT2D eigenvalue weighted by Crippen LogP contribution is -2.09. The Morgan fingerprint density at radius 2 is 2.33 bits per heavy atom. The van der Waals surface area contributed by atoms with Gasteiger partial charge < -0.3 is 4.74 Å². The summed E-state index contributed by atoms with van der Waals surface area (Å²) in [6, 6.07) is 1.62. The molecule has 2 heterocycles. The maximum atomic E-state index is 11.9. The highest BCUT2D eigenvalue weighted by atomic mass is 35.5. The van der Waals surface area contributed by atoms with Crippen LogP contribution in [0.2, 0.25) is 5.02 Å². The minimum Gasteiger partial charge on any atom is -0.501 e. The lowest BCUT2D eigenvalue weighted by Gasteiger charge is -2.12. The Balaban J connectivity index is 2.24. The first-order chi connectivity index (χ1) is 7.27. The van der Waals surface area contributed by atoms with Gasteiger partial charge in [-0.25, -0.2) is 0 Å². The van der Waals surface area contributed by atoms with Crippen LogP contribution in [0.1, 0.15) is 23.2 Å². The van der Waals surface area contributed by atoms with E-state index in [-0.39, 0.29) is 5.78 Å². The Labute approximate surface area is 92.7 Å². The minimum absolute atomic E-state index is 0.0512. The molecule has 15 heavy (non-hydrogen) atoms. The van der Waals surface area contributed by atoms with Crippen LogP contribution in [0.4, 0.5) is 0 Å². The van der Waals surface area contributed by atoms with Crippen LogP contribution in [-0.4, -0.2) is 17.4 Å². The molecule has 1 aliphatic rings. The van der Waals surface area contributed by atoms with Crippen LogP contribution in [0, 0.1) is 0 Å². The van der Waals surface area contributed by atoms with Crippen molar-refractivity contribution in [3.8, 4) is 0 Å². The van der Waals surface area contributed by atoms with Gasteiger partial charge in [-0.2, -0.15) is 0 Å². The Morgan fingerprint density at radius 1 is 1.47 bits per heavy atom. The second-order valence-corrected chi connectivity index (χ2v) is 3.77. The molecular weight excluding hydrogens is 214 g/mol. The summed E-state index contributed by atoms with van der Waals surface area (Å²) in [6.07, 6.45) is 6.19. The van der Waals surface area contributed by atoms with E-state index in [1.54, 1.807) is 6.07 Å². The molecule has 2 rings (SSSR count). The van der Waals surface area contributed by atoms with Crippen molar-refractivity contribution in [1.29, 1.82) is 0 Å². The summed E-state index contributed by atoms with van der Waals surface area (Å²) in [5, 5.41) is 0.471. The molecule has 0 saturated carbocycles. The first-order valence-corrected chi connectivity index (χ1v) is 5.11. The van der Waals surface area contributed by atoms with Crippen LogP contribution in [0.3, 0.4) is 0 Å². The largest absolute Gasteiger partial charge is 0.501 e. The number of allylic oxidation sites excluding steroid dienone is 1. The maximum absolute atomic E-state index is 11.9. The van der Waals surface area contributed by atoms with Gasteiger partial charge in [0.1, 0.15) is 0 Å². The zero-order chi connectivity index (χ0) is 10.7. The van der Waals surface area contributed by atoms with E-state index < -0.39 is 0 Å². The van der Waals surface area contributed by atoms with Gasteiger partial charge in [0, 0.05) is 23.5 Å². The van der Waals surface area contributed by atoms with Crippen LogP contribution in [0.25, 0.3) is 0 Å². The number of Topliss-reactive ketones (excluding diaryl/α,β-unsaturated/α-hetero) is 1. The Bertz CT molecular complexity index is 415. The third-order valence-electron chi connectivity index (χ3n) is 2.19. The maximum Gasteiger partial charge on any atom is 0.193 e. The molecule has 0 fully saturated rings. The van der Waals surface area contributed by atoms with Gasteiger partial charge in [-0.3, -0.25) is 9.78 Å². The molecule has 1 aliphatic heterocycles. The topological polar surface area (TPSA) is 39.2 Å². The van der Waals surface area contributed by atoms with E-state index >= 15 is 0 Å². The molecule has 0 aromatic carbocycles. The lowest BCUT2D eigenvalue weighted by atomic mass is 10.0. The van der Waals surface area contributed by atoms with E-state index in [2.05, 4.69) is 4.98 Å². The van der Waals surface area contributed by atoms with Gasteiger partial charge in [0.05, 0.1) is 17.9 Å². The molecule has 0 spiro atoms. The molecule has 0 saturated heterocycles. The normalized spacial score (nSPS) is 15.4. The van der Waals surface area contributed by atoms with E-state index in [0.717, 1.165) is 12.8 Å². The van der Waals surface area contributed by atoms with Crippen molar-refractivity contribution in [2.45, 2.75) is 12.8 Å². The smallest absolute Gasteiger partial charge is 0.193 e. The molecule has 78 valence electrons. The Kier molecular flexibility index (Phi) is 3.02. The number of rotatable bonds is 2. The molecular formula is C11H10ClNO2. The molecule has 1 aromatic heterocycles. The molecule has 0 atom stereocenters. The van der Waals surface area contributed by atoms with Gasteiger partial charge in [0.2, 0.25) is 0 Å². The molecule has 0 bridgehead atoms. The first kappa shape index (κ1) is 10.2. The molecule has 0 unspecified atom stereocenters. The van der Waals surface area contributed by atoms with Crippen LogP contribution < -0.4 is 0 Å². The van der Waals surface area contributed by atoms with E-state index in [4.69, 9.17) is 16.3 Å². The molecule has 0 aliphatic carbocycles. The first-order valence-electron chi connectivity index (χ1n) is 4.73. The highest BCUT2D eigenvalue weighted by molar-refractivity contribution is 6.31. The zero-order valence-corrected chi connectivity index (χ0v) is 8.83.